The van der Waals surface area contributed by atoms with E-state index in [1.165, 1.54) is 0 Å². The number of amides is 4. The molecule has 2 aromatic rings. The molecule has 4 amide bonds. The largest absolute Gasteiger partial charge is 0.336 e. The van der Waals surface area contributed by atoms with Crippen LogP contribution in [0.4, 0.5) is 21.0 Å². The van der Waals surface area contributed by atoms with Crippen LogP contribution in [0.2, 0.25) is 0 Å². The quantitative estimate of drug-likeness (QED) is 0.636. The molecule has 0 aliphatic carbocycles. The van der Waals surface area contributed by atoms with Gasteiger partial charge in [0.1, 0.15) is 0 Å². The number of nitrogens with one attached hydrogen (secondary N) is 4. The van der Waals surface area contributed by atoms with Gasteiger partial charge in [-0.1, -0.05) is 36.4 Å². The van der Waals surface area contributed by atoms with Crippen molar-refractivity contribution in [2.45, 2.75) is 13.8 Å². The monoisotopic (exact) mass is 326 g/mol. The Hall–Kier alpha value is -3.02. The molecular formula is C18H22N4O2. The highest BCUT2D eigenvalue weighted by molar-refractivity contribution is 5.91. The van der Waals surface area contributed by atoms with E-state index in [2.05, 4.69) is 21.3 Å². The summed E-state index contributed by atoms with van der Waals surface area (Å²) in [7, 11) is 0. The number of carbonyl (C=O) groups excluding carboxylic acids is 2. The molecule has 0 aliphatic rings. The van der Waals surface area contributed by atoms with Crippen LogP contribution in [0, 0.1) is 13.8 Å². The van der Waals surface area contributed by atoms with Gasteiger partial charge < -0.3 is 21.3 Å². The molecule has 0 saturated carbocycles. The van der Waals surface area contributed by atoms with E-state index in [0.29, 0.717) is 13.1 Å². The third-order valence-electron chi connectivity index (χ3n) is 3.48. The number of anilines is 2. The van der Waals surface area contributed by atoms with Gasteiger partial charge in [0.2, 0.25) is 0 Å². The van der Waals surface area contributed by atoms with E-state index in [1.54, 1.807) is 0 Å². The van der Waals surface area contributed by atoms with Crippen molar-refractivity contribution < 1.29 is 9.59 Å². The maximum absolute atomic E-state index is 11.8. The number of urea groups is 2. The Bertz CT molecular complexity index is 654. The molecule has 0 heterocycles. The second kappa shape index (κ2) is 8.57. The highest BCUT2D eigenvalue weighted by atomic mass is 16.2. The third kappa shape index (κ3) is 5.31. The van der Waals surface area contributed by atoms with Crippen LogP contribution < -0.4 is 21.3 Å². The summed E-state index contributed by atoms with van der Waals surface area (Å²) in [6, 6.07) is 14.5. The van der Waals surface area contributed by atoms with Crippen LogP contribution in [0.25, 0.3) is 0 Å². The van der Waals surface area contributed by atoms with E-state index in [9.17, 15) is 9.59 Å². The molecule has 4 N–H and O–H groups in total. The highest BCUT2D eigenvalue weighted by Crippen LogP contribution is 2.13. The lowest BCUT2D eigenvalue weighted by Crippen LogP contribution is -2.38. The average molecular weight is 326 g/mol. The van der Waals surface area contributed by atoms with Crippen molar-refractivity contribution in [1.29, 1.82) is 0 Å². The molecule has 0 fully saturated rings. The van der Waals surface area contributed by atoms with E-state index < -0.39 is 0 Å². The van der Waals surface area contributed by atoms with Crippen LogP contribution in [0.3, 0.4) is 0 Å². The molecule has 0 spiro atoms. The third-order valence-corrected chi connectivity index (χ3v) is 3.48. The Morgan fingerprint density at radius 3 is 1.46 bits per heavy atom. The predicted molar refractivity (Wildman–Crippen MR) is 96.4 cm³/mol. The zero-order valence-electron chi connectivity index (χ0n) is 13.8. The average Bonchev–Trinajstić information content (AvgIpc) is 2.56. The molecule has 24 heavy (non-hydrogen) atoms. The number of hydrogen-bond donors (Lipinski definition) is 4. The molecule has 6 heteroatoms. The summed E-state index contributed by atoms with van der Waals surface area (Å²) in [4.78, 5) is 23.6. The Balaban J connectivity index is 1.67. The fraction of sp³-hybridized carbons (Fsp3) is 0.222. The zero-order valence-corrected chi connectivity index (χ0v) is 13.8. The Morgan fingerprint density at radius 1 is 0.708 bits per heavy atom. The van der Waals surface area contributed by atoms with Crippen LogP contribution >= 0.6 is 0 Å². The predicted octanol–water partition coefficient (Wildman–Crippen LogP) is 3.25. The molecule has 2 aromatic carbocycles. The van der Waals surface area contributed by atoms with Gasteiger partial charge >= 0.3 is 12.1 Å². The van der Waals surface area contributed by atoms with Gasteiger partial charge in [-0.25, -0.2) is 9.59 Å². The molecule has 0 atom stereocenters. The SMILES string of the molecule is Cc1ccccc1NC(=O)NCCNC(=O)Nc1ccccc1C. The molecule has 0 radical (unpaired) electrons. The Labute approximate surface area is 141 Å². The number of rotatable bonds is 5. The topological polar surface area (TPSA) is 82.3 Å². The smallest absolute Gasteiger partial charge is 0.319 e. The Morgan fingerprint density at radius 2 is 1.08 bits per heavy atom. The molecule has 0 aliphatic heterocycles. The zero-order chi connectivity index (χ0) is 17.4. The van der Waals surface area contributed by atoms with Gasteiger partial charge in [-0.3, -0.25) is 0 Å². The lowest BCUT2D eigenvalue weighted by molar-refractivity contribution is 0.248. The van der Waals surface area contributed by atoms with Crippen LogP contribution in [0.1, 0.15) is 11.1 Å². The number of carbonyl (C=O) groups is 2. The molecule has 0 aromatic heterocycles. The van der Waals surface area contributed by atoms with Gasteiger partial charge in [-0.2, -0.15) is 0 Å². The van der Waals surface area contributed by atoms with Crippen molar-refractivity contribution in [2.24, 2.45) is 0 Å². The maximum atomic E-state index is 11.8. The van der Waals surface area contributed by atoms with Crippen LogP contribution in [0.15, 0.2) is 48.5 Å². The fourth-order valence-corrected chi connectivity index (χ4v) is 2.11. The first-order chi connectivity index (χ1) is 11.6. The van der Waals surface area contributed by atoms with E-state index >= 15 is 0 Å². The standard InChI is InChI=1S/C18H22N4O2/c1-13-7-3-5-9-15(13)21-17(23)19-11-12-20-18(24)22-16-10-6-4-8-14(16)2/h3-10H,11-12H2,1-2H3,(H2,19,21,23)(H2,20,22,24). The van der Waals surface area contributed by atoms with Gasteiger partial charge in [0.25, 0.3) is 0 Å². The first kappa shape index (κ1) is 17.3. The number of para-hydroxylation sites is 2. The first-order valence-corrected chi connectivity index (χ1v) is 7.77. The van der Waals surface area contributed by atoms with Crippen molar-refractivity contribution >= 4 is 23.4 Å². The van der Waals surface area contributed by atoms with E-state index in [4.69, 9.17) is 0 Å². The number of benzene rings is 2. The van der Waals surface area contributed by atoms with Crippen molar-refractivity contribution in [3.8, 4) is 0 Å². The molecule has 6 nitrogen and oxygen atoms in total. The van der Waals surface area contributed by atoms with Crippen molar-refractivity contribution in [2.75, 3.05) is 23.7 Å². The fourth-order valence-electron chi connectivity index (χ4n) is 2.11. The minimum atomic E-state index is -0.301. The summed E-state index contributed by atoms with van der Waals surface area (Å²) in [5.41, 5.74) is 3.51. The molecule has 0 bridgehead atoms. The number of aryl methyl sites for hydroxylation is 2. The molecular weight excluding hydrogens is 304 g/mol. The van der Waals surface area contributed by atoms with Crippen LogP contribution in [0.5, 0.6) is 0 Å². The summed E-state index contributed by atoms with van der Waals surface area (Å²) in [6.45, 7) is 4.51. The lowest BCUT2D eigenvalue weighted by Gasteiger charge is -2.11. The van der Waals surface area contributed by atoms with Gasteiger partial charge in [0.15, 0.2) is 0 Å². The van der Waals surface area contributed by atoms with E-state index in [-0.39, 0.29) is 12.1 Å². The summed E-state index contributed by atoms with van der Waals surface area (Å²) < 4.78 is 0. The van der Waals surface area contributed by atoms with E-state index in [1.807, 2.05) is 62.4 Å². The van der Waals surface area contributed by atoms with Gasteiger partial charge in [0, 0.05) is 24.5 Å². The summed E-state index contributed by atoms with van der Waals surface area (Å²) in [6.07, 6.45) is 0. The van der Waals surface area contributed by atoms with Gasteiger partial charge in [-0.15, -0.1) is 0 Å². The first-order valence-electron chi connectivity index (χ1n) is 7.77. The van der Waals surface area contributed by atoms with Crippen molar-refractivity contribution in [1.82, 2.24) is 10.6 Å². The minimum absolute atomic E-state index is 0.301. The van der Waals surface area contributed by atoms with Crippen LogP contribution in [-0.2, 0) is 0 Å². The van der Waals surface area contributed by atoms with Gasteiger partial charge in [-0.05, 0) is 37.1 Å². The van der Waals surface area contributed by atoms with Crippen LogP contribution in [-0.4, -0.2) is 25.2 Å². The Kier molecular flexibility index (Phi) is 6.19. The lowest BCUT2D eigenvalue weighted by atomic mass is 10.2. The van der Waals surface area contributed by atoms with Gasteiger partial charge in [0.05, 0.1) is 0 Å². The molecule has 126 valence electrons. The van der Waals surface area contributed by atoms with E-state index in [0.717, 1.165) is 22.5 Å². The van der Waals surface area contributed by atoms with Crippen molar-refractivity contribution in [3.63, 3.8) is 0 Å². The van der Waals surface area contributed by atoms with Crippen molar-refractivity contribution in [3.05, 3.63) is 59.7 Å². The summed E-state index contributed by atoms with van der Waals surface area (Å²) >= 11 is 0. The summed E-state index contributed by atoms with van der Waals surface area (Å²) in [5.74, 6) is 0. The summed E-state index contributed by atoms with van der Waals surface area (Å²) in [5, 5.41) is 10.9. The highest BCUT2D eigenvalue weighted by Gasteiger charge is 2.05. The molecule has 0 unspecified atom stereocenters. The second-order valence-electron chi connectivity index (χ2n) is 5.39. The molecule has 0 saturated heterocycles. The second-order valence-corrected chi connectivity index (χ2v) is 5.39. The molecule has 2 rings (SSSR count). The number of hydrogen-bond acceptors (Lipinski definition) is 2. The maximum Gasteiger partial charge on any atom is 0.319 e. The minimum Gasteiger partial charge on any atom is -0.336 e. The normalized spacial score (nSPS) is 9.92.